The Bertz CT molecular complexity index is 667. The SMILES string of the molecule is COc1cc2c(cc1OC)C(=O)[C@H](Cc1ccncc1)C2. The third kappa shape index (κ3) is 2.49. The van der Waals surface area contributed by atoms with Crippen LogP contribution in [0.5, 0.6) is 11.5 Å². The van der Waals surface area contributed by atoms with E-state index in [1.807, 2.05) is 18.2 Å². The molecule has 0 fully saturated rings. The second-order valence-corrected chi connectivity index (χ2v) is 5.19. The fraction of sp³-hybridized carbons (Fsp3) is 0.294. The minimum absolute atomic E-state index is 0.0146. The number of carbonyl (C=O) groups is 1. The topological polar surface area (TPSA) is 48.4 Å². The van der Waals surface area contributed by atoms with E-state index in [2.05, 4.69) is 4.98 Å². The first-order valence-electron chi connectivity index (χ1n) is 6.91. The lowest BCUT2D eigenvalue weighted by Gasteiger charge is -2.09. The highest BCUT2D eigenvalue weighted by molar-refractivity contribution is 6.03. The molecule has 0 aliphatic heterocycles. The Labute approximate surface area is 123 Å². The average Bonchev–Trinajstić information content (AvgIpc) is 2.82. The van der Waals surface area contributed by atoms with Crippen molar-refractivity contribution in [2.24, 2.45) is 5.92 Å². The summed E-state index contributed by atoms with van der Waals surface area (Å²) in [5, 5.41) is 0. The van der Waals surface area contributed by atoms with Crippen LogP contribution in [0, 0.1) is 5.92 Å². The van der Waals surface area contributed by atoms with Crippen LogP contribution in [0.1, 0.15) is 21.5 Å². The first kappa shape index (κ1) is 13.6. The second-order valence-electron chi connectivity index (χ2n) is 5.19. The molecule has 0 radical (unpaired) electrons. The van der Waals surface area contributed by atoms with Crippen LogP contribution in [-0.4, -0.2) is 25.0 Å². The molecule has 4 nitrogen and oxygen atoms in total. The number of ketones is 1. The van der Waals surface area contributed by atoms with Gasteiger partial charge < -0.3 is 9.47 Å². The summed E-state index contributed by atoms with van der Waals surface area (Å²) in [5.74, 6) is 1.45. The first-order valence-corrected chi connectivity index (χ1v) is 6.91. The molecule has 0 bridgehead atoms. The van der Waals surface area contributed by atoms with Crippen LogP contribution < -0.4 is 9.47 Å². The van der Waals surface area contributed by atoms with Crippen LogP contribution in [0.4, 0.5) is 0 Å². The van der Waals surface area contributed by atoms with Crippen LogP contribution in [0.15, 0.2) is 36.7 Å². The molecule has 1 aliphatic rings. The van der Waals surface area contributed by atoms with E-state index in [0.717, 1.165) is 29.5 Å². The number of benzene rings is 1. The number of nitrogens with zero attached hydrogens (tertiary/aromatic N) is 1. The fourth-order valence-corrected chi connectivity index (χ4v) is 2.87. The fourth-order valence-electron chi connectivity index (χ4n) is 2.87. The minimum Gasteiger partial charge on any atom is -0.493 e. The highest BCUT2D eigenvalue weighted by atomic mass is 16.5. The van der Waals surface area contributed by atoms with Gasteiger partial charge in [-0.1, -0.05) is 0 Å². The summed E-state index contributed by atoms with van der Waals surface area (Å²) >= 11 is 0. The molecule has 108 valence electrons. The van der Waals surface area contributed by atoms with E-state index >= 15 is 0 Å². The zero-order chi connectivity index (χ0) is 14.8. The van der Waals surface area contributed by atoms with Crippen molar-refractivity contribution in [2.75, 3.05) is 14.2 Å². The zero-order valence-electron chi connectivity index (χ0n) is 12.1. The number of rotatable bonds is 4. The number of hydrogen-bond donors (Lipinski definition) is 0. The summed E-state index contributed by atoms with van der Waals surface area (Å²) in [5.41, 5.74) is 2.93. The highest BCUT2D eigenvalue weighted by Gasteiger charge is 2.32. The van der Waals surface area contributed by atoms with Gasteiger partial charge in [0.15, 0.2) is 17.3 Å². The quantitative estimate of drug-likeness (QED) is 0.865. The number of aromatic nitrogens is 1. The van der Waals surface area contributed by atoms with Crippen LogP contribution in [0.2, 0.25) is 0 Å². The summed E-state index contributed by atoms with van der Waals surface area (Å²) in [4.78, 5) is 16.6. The third-order valence-corrected chi connectivity index (χ3v) is 3.94. The maximum Gasteiger partial charge on any atom is 0.167 e. The molecule has 1 atom stereocenters. The third-order valence-electron chi connectivity index (χ3n) is 3.94. The standard InChI is InChI=1S/C17H17NO3/c1-20-15-9-12-8-13(7-11-3-5-18-6-4-11)17(19)14(12)10-16(15)21-2/h3-6,9-10,13H,7-8H2,1-2H3/t13-/m1/s1. The number of fused-ring (bicyclic) bond motifs is 1. The molecule has 2 aromatic rings. The van der Waals surface area contributed by atoms with E-state index in [9.17, 15) is 4.79 Å². The van der Waals surface area contributed by atoms with E-state index in [0.29, 0.717) is 11.5 Å². The molecule has 1 heterocycles. The van der Waals surface area contributed by atoms with Crippen LogP contribution in [0.3, 0.4) is 0 Å². The molecule has 0 spiro atoms. The molecule has 1 aromatic heterocycles. The minimum atomic E-state index is -0.0146. The Morgan fingerprint density at radius 2 is 1.81 bits per heavy atom. The lowest BCUT2D eigenvalue weighted by atomic mass is 9.96. The summed E-state index contributed by atoms with van der Waals surface area (Å²) in [6.07, 6.45) is 5.00. The molecular weight excluding hydrogens is 266 g/mol. The van der Waals surface area contributed by atoms with Gasteiger partial charge >= 0.3 is 0 Å². The molecule has 3 rings (SSSR count). The van der Waals surface area contributed by atoms with Crippen LogP contribution in [0.25, 0.3) is 0 Å². The second kappa shape index (κ2) is 5.56. The molecule has 0 amide bonds. The lowest BCUT2D eigenvalue weighted by Crippen LogP contribution is -2.12. The molecule has 0 N–H and O–H groups in total. The number of Topliss-reactive ketones (excluding diaryl/α,β-unsaturated/α-hetero) is 1. The van der Waals surface area contributed by atoms with E-state index in [1.54, 1.807) is 32.7 Å². The van der Waals surface area contributed by atoms with E-state index < -0.39 is 0 Å². The van der Waals surface area contributed by atoms with Crippen molar-refractivity contribution in [2.45, 2.75) is 12.8 Å². The van der Waals surface area contributed by atoms with Crippen molar-refractivity contribution in [1.82, 2.24) is 4.98 Å². The molecular formula is C17H17NO3. The van der Waals surface area contributed by atoms with Crippen molar-refractivity contribution in [3.05, 3.63) is 53.3 Å². The van der Waals surface area contributed by atoms with Gasteiger partial charge in [0, 0.05) is 23.9 Å². The van der Waals surface area contributed by atoms with Gasteiger partial charge in [-0.15, -0.1) is 0 Å². The number of pyridine rings is 1. The van der Waals surface area contributed by atoms with Crippen molar-refractivity contribution in [1.29, 1.82) is 0 Å². The monoisotopic (exact) mass is 283 g/mol. The van der Waals surface area contributed by atoms with Gasteiger partial charge in [-0.2, -0.15) is 0 Å². The van der Waals surface area contributed by atoms with Crippen molar-refractivity contribution in [3.63, 3.8) is 0 Å². The van der Waals surface area contributed by atoms with Crippen LogP contribution >= 0.6 is 0 Å². The van der Waals surface area contributed by atoms with Crippen molar-refractivity contribution in [3.8, 4) is 11.5 Å². The van der Waals surface area contributed by atoms with Crippen LogP contribution in [-0.2, 0) is 12.8 Å². The summed E-state index contributed by atoms with van der Waals surface area (Å²) in [7, 11) is 3.19. The van der Waals surface area contributed by atoms with E-state index in [1.165, 1.54) is 0 Å². The molecule has 0 unspecified atom stereocenters. The summed E-state index contributed by atoms with van der Waals surface area (Å²) in [6.45, 7) is 0. The Morgan fingerprint density at radius 1 is 1.14 bits per heavy atom. The maximum atomic E-state index is 12.6. The molecule has 0 saturated carbocycles. The number of hydrogen-bond acceptors (Lipinski definition) is 4. The number of methoxy groups -OCH3 is 2. The van der Waals surface area contributed by atoms with Gasteiger partial charge in [-0.3, -0.25) is 9.78 Å². The molecule has 4 heteroatoms. The normalized spacial score (nSPS) is 16.7. The van der Waals surface area contributed by atoms with Crippen molar-refractivity contribution < 1.29 is 14.3 Å². The maximum absolute atomic E-state index is 12.6. The summed E-state index contributed by atoms with van der Waals surface area (Å²) < 4.78 is 10.6. The van der Waals surface area contributed by atoms with Gasteiger partial charge in [0.2, 0.25) is 0 Å². The molecule has 21 heavy (non-hydrogen) atoms. The number of ether oxygens (including phenoxy) is 2. The average molecular weight is 283 g/mol. The highest BCUT2D eigenvalue weighted by Crippen LogP contribution is 2.37. The van der Waals surface area contributed by atoms with Gasteiger partial charge in [0.25, 0.3) is 0 Å². The molecule has 0 saturated heterocycles. The Morgan fingerprint density at radius 3 is 2.48 bits per heavy atom. The smallest absolute Gasteiger partial charge is 0.167 e. The lowest BCUT2D eigenvalue weighted by molar-refractivity contribution is 0.0936. The first-order chi connectivity index (χ1) is 10.2. The molecule has 1 aromatic carbocycles. The van der Waals surface area contributed by atoms with Gasteiger partial charge in [-0.05, 0) is 48.2 Å². The van der Waals surface area contributed by atoms with E-state index in [-0.39, 0.29) is 11.7 Å². The predicted octanol–water partition coefficient (Wildman–Crippen LogP) is 2.70. The predicted molar refractivity (Wildman–Crippen MR) is 79.0 cm³/mol. The van der Waals surface area contributed by atoms with E-state index in [4.69, 9.17) is 9.47 Å². The number of carbonyl (C=O) groups excluding carboxylic acids is 1. The van der Waals surface area contributed by atoms with Crippen molar-refractivity contribution >= 4 is 5.78 Å². The summed E-state index contributed by atoms with van der Waals surface area (Å²) in [6, 6.07) is 7.62. The Kier molecular flexibility index (Phi) is 3.60. The van der Waals surface area contributed by atoms with Gasteiger partial charge in [0.1, 0.15) is 0 Å². The Balaban J connectivity index is 1.88. The molecule has 1 aliphatic carbocycles. The largest absolute Gasteiger partial charge is 0.493 e. The zero-order valence-corrected chi connectivity index (χ0v) is 12.1. The Hall–Kier alpha value is -2.36. The van der Waals surface area contributed by atoms with Gasteiger partial charge in [0.05, 0.1) is 14.2 Å². The van der Waals surface area contributed by atoms with Gasteiger partial charge in [-0.25, -0.2) is 0 Å².